The van der Waals surface area contributed by atoms with Gasteiger partial charge in [-0.2, -0.15) is 0 Å². The third-order valence-corrected chi connectivity index (χ3v) is 6.80. The van der Waals surface area contributed by atoms with Gasteiger partial charge in [0.05, 0.1) is 10.7 Å². The number of anilines is 2. The molecule has 4 N–H and O–H groups in total. The molecule has 1 aliphatic heterocycles. The van der Waals surface area contributed by atoms with Crippen molar-refractivity contribution in [3.8, 4) is 0 Å². The molecule has 4 amide bonds. The van der Waals surface area contributed by atoms with E-state index in [0.29, 0.717) is 11.6 Å². The van der Waals surface area contributed by atoms with Gasteiger partial charge in [-0.15, -0.1) is 11.3 Å². The number of amides is 4. The summed E-state index contributed by atoms with van der Waals surface area (Å²) >= 11 is 7.03. The fourth-order valence-corrected chi connectivity index (χ4v) is 4.72. The van der Waals surface area contributed by atoms with Crippen LogP contribution in [0.2, 0.25) is 5.02 Å². The van der Waals surface area contributed by atoms with Gasteiger partial charge in [0.2, 0.25) is 5.95 Å². The molecule has 0 aromatic carbocycles. The van der Waals surface area contributed by atoms with Crippen molar-refractivity contribution < 1.29 is 19.2 Å². The van der Waals surface area contributed by atoms with Gasteiger partial charge in [0.1, 0.15) is 11.9 Å². The molecule has 13 nitrogen and oxygen atoms in total. The van der Waals surface area contributed by atoms with Crippen LogP contribution in [0.3, 0.4) is 0 Å². The van der Waals surface area contributed by atoms with Gasteiger partial charge in [-0.25, -0.2) is 15.0 Å². The monoisotopic (exact) mass is 545 g/mol. The SMILES string of the molecule is CN1CCc2nc(C(=O)NC(CNC(=O)C(=O)Nc3ccc(Cl)cn3)C(=O)N(C)c3ncc[nH]3)sc2C1. The Bertz CT molecular complexity index is 1300. The molecule has 0 bridgehead atoms. The fraction of sp³-hybridized carbons (Fsp3) is 0.318. The minimum Gasteiger partial charge on any atom is -0.345 e. The summed E-state index contributed by atoms with van der Waals surface area (Å²) in [4.78, 5) is 70.4. The van der Waals surface area contributed by atoms with Crippen LogP contribution >= 0.6 is 22.9 Å². The van der Waals surface area contributed by atoms with E-state index in [1.54, 1.807) is 6.20 Å². The molecule has 1 aliphatic rings. The number of imidazole rings is 1. The Morgan fingerprint density at radius 1 is 1.24 bits per heavy atom. The summed E-state index contributed by atoms with van der Waals surface area (Å²) < 4.78 is 0. The molecule has 1 unspecified atom stereocenters. The quantitative estimate of drug-likeness (QED) is 0.310. The first-order chi connectivity index (χ1) is 17.7. The molecule has 0 saturated carbocycles. The zero-order valence-corrected chi connectivity index (χ0v) is 21.5. The topological polar surface area (TPSA) is 165 Å². The third-order valence-electron chi connectivity index (χ3n) is 5.49. The molecule has 37 heavy (non-hydrogen) atoms. The van der Waals surface area contributed by atoms with Gasteiger partial charge in [-0.1, -0.05) is 11.6 Å². The van der Waals surface area contributed by atoms with Crippen LogP contribution in [0.1, 0.15) is 20.4 Å². The normalized spacial score (nSPS) is 13.8. The summed E-state index contributed by atoms with van der Waals surface area (Å²) in [6.07, 6.45) is 5.06. The van der Waals surface area contributed by atoms with E-state index in [1.165, 1.54) is 47.8 Å². The average Bonchev–Trinajstić information content (AvgIpc) is 3.57. The second-order valence-corrected chi connectivity index (χ2v) is 9.76. The van der Waals surface area contributed by atoms with Crippen molar-refractivity contribution >= 4 is 58.3 Å². The van der Waals surface area contributed by atoms with E-state index >= 15 is 0 Å². The number of hydrogen-bond donors (Lipinski definition) is 4. The van der Waals surface area contributed by atoms with Gasteiger partial charge in [-0.3, -0.25) is 24.1 Å². The summed E-state index contributed by atoms with van der Waals surface area (Å²) in [5.41, 5.74) is 0.865. The number of rotatable bonds is 7. The molecule has 4 heterocycles. The van der Waals surface area contributed by atoms with E-state index in [4.69, 9.17) is 11.6 Å². The van der Waals surface area contributed by atoms with Crippen LogP contribution in [0, 0.1) is 0 Å². The van der Waals surface area contributed by atoms with Crippen LogP contribution in [-0.4, -0.2) is 81.7 Å². The molecule has 0 saturated heterocycles. The highest BCUT2D eigenvalue weighted by molar-refractivity contribution is 7.13. The van der Waals surface area contributed by atoms with E-state index in [2.05, 4.69) is 40.8 Å². The van der Waals surface area contributed by atoms with Crippen LogP contribution in [0.25, 0.3) is 0 Å². The summed E-state index contributed by atoms with van der Waals surface area (Å²) in [7, 11) is 3.46. The first-order valence-corrected chi connectivity index (χ1v) is 12.4. The molecular formula is C22H24ClN9O4S. The number of aromatic amines is 1. The predicted molar refractivity (Wildman–Crippen MR) is 136 cm³/mol. The fourth-order valence-electron chi connectivity index (χ4n) is 3.52. The zero-order chi connectivity index (χ0) is 26.5. The Kier molecular flexibility index (Phi) is 8.11. The smallest absolute Gasteiger partial charge is 0.314 e. The third kappa shape index (κ3) is 6.47. The second-order valence-electron chi connectivity index (χ2n) is 8.24. The van der Waals surface area contributed by atoms with Crippen molar-refractivity contribution in [3.05, 3.63) is 51.3 Å². The molecule has 1 atom stereocenters. The number of carbonyl (C=O) groups excluding carboxylic acids is 4. The molecule has 3 aromatic heterocycles. The van der Waals surface area contributed by atoms with Crippen molar-refractivity contribution in [2.45, 2.75) is 19.0 Å². The molecule has 15 heteroatoms. The Hall–Kier alpha value is -3.88. The Morgan fingerprint density at radius 2 is 2.05 bits per heavy atom. The van der Waals surface area contributed by atoms with Crippen LogP contribution in [0.15, 0.2) is 30.7 Å². The van der Waals surface area contributed by atoms with Crippen molar-refractivity contribution in [3.63, 3.8) is 0 Å². The van der Waals surface area contributed by atoms with Crippen LogP contribution < -0.4 is 20.9 Å². The van der Waals surface area contributed by atoms with Gasteiger partial charge in [0.25, 0.3) is 11.8 Å². The van der Waals surface area contributed by atoms with Gasteiger partial charge in [0.15, 0.2) is 5.01 Å². The molecule has 0 aliphatic carbocycles. The molecule has 0 radical (unpaired) electrons. The number of likely N-dealkylation sites (N-methyl/N-ethyl adjacent to an activating group) is 2. The number of aromatic nitrogens is 4. The molecule has 0 fully saturated rings. The highest BCUT2D eigenvalue weighted by Gasteiger charge is 2.30. The number of carbonyl (C=O) groups is 4. The van der Waals surface area contributed by atoms with Crippen molar-refractivity contribution in [2.24, 2.45) is 0 Å². The van der Waals surface area contributed by atoms with Gasteiger partial charge in [0, 0.05) is 56.6 Å². The van der Waals surface area contributed by atoms with Gasteiger partial charge < -0.3 is 25.8 Å². The Morgan fingerprint density at radius 3 is 2.76 bits per heavy atom. The largest absolute Gasteiger partial charge is 0.345 e. The van der Waals surface area contributed by atoms with Crippen molar-refractivity contribution in [1.29, 1.82) is 0 Å². The highest BCUT2D eigenvalue weighted by atomic mass is 35.5. The number of halogens is 1. The Labute approximate surface area is 220 Å². The van der Waals surface area contributed by atoms with Crippen LogP contribution in [-0.2, 0) is 27.3 Å². The summed E-state index contributed by atoms with van der Waals surface area (Å²) in [5, 5.41) is 7.94. The minimum atomic E-state index is -1.21. The maximum Gasteiger partial charge on any atom is 0.314 e. The molecule has 194 valence electrons. The lowest BCUT2D eigenvalue weighted by molar-refractivity contribution is -0.136. The summed E-state index contributed by atoms with van der Waals surface area (Å²) in [6.45, 7) is 1.17. The minimum absolute atomic E-state index is 0.126. The van der Waals surface area contributed by atoms with Crippen LogP contribution in [0.5, 0.6) is 0 Å². The number of nitrogens with one attached hydrogen (secondary N) is 4. The van der Waals surface area contributed by atoms with Gasteiger partial charge in [-0.05, 0) is 19.2 Å². The van der Waals surface area contributed by atoms with Crippen LogP contribution in [0.4, 0.5) is 11.8 Å². The average molecular weight is 546 g/mol. The first kappa shape index (κ1) is 26.2. The lowest BCUT2D eigenvalue weighted by atomic mass is 10.2. The number of fused-ring (bicyclic) bond motifs is 1. The zero-order valence-electron chi connectivity index (χ0n) is 19.9. The Balaban J connectivity index is 1.44. The van der Waals surface area contributed by atoms with E-state index < -0.39 is 29.7 Å². The lowest BCUT2D eigenvalue weighted by Crippen LogP contribution is -2.54. The molecular weight excluding hydrogens is 522 g/mol. The number of nitrogens with zero attached hydrogens (tertiary/aromatic N) is 5. The van der Waals surface area contributed by atoms with E-state index in [-0.39, 0.29) is 23.3 Å². The maximum absolute atomic E-state index is 13.2. The molecule has 4 rings (SSSR count). The van der Waals surface area contributed by atoms with E-state index in [0.717, 1.165) is 23.5 Å². The van der Waals surface area contributed by atoms with Crippen molar-refractivity contribution in [1.82, 2.24) is 35.5 Å². The van der Waals surface area contributed by atoms with E-state index in [1.807, 2.05) is 7.05 Å². The number of thiazole rings is 1. The highest BCUT2D eigenvalue weighted by Crippen LogP contribution is 2.24. The maximum atomic E-state index is 13.2. The van der Waals surface area contributed by atoms with Crippen molar-refractivity contribution in [2.75, 3.05) is 37.4 Å². The molecule has 3 aromatic rings. The first-order valence-electron chi connectivity index (χ1n) is 11.2. The van der Waals surface area contributed by atoms with E-state index in [9.17, 15) is 19.2 Å². The summed E-state index contributed by atoms with van der Waals surface area (Å²) in [6, 6.07) is 1.73. The standard InChI is InChI=1S/C22H24ClN9O4S/c1-31-8-5-13-15(11-31)37-20(29-13)19(35)28-14(21(36)32(2)22-24-6-7-25-22)10-27-17(33)18(34)30-16-4-3-12(23)9-26-16/h3-4,6-7,9,14H,5,8,10-11H2,1-2H3,(H,24,25)(H,27,33)(H,28,35)(H,26,30,34). The predicted octanol–water partition coefficient (Wildman–Crippen LogP) is 0.419. The number of H-pyrrole nitrogens is 1. The number of pyridine rings is 1. The number of hydrogen-bond acceptors (Lipinski definition) is 9. The lowest BCUT2D eigenvalue weighted by Gasteiger charge is -2.23. The second kappa shape index (κ2) is 11.5. The summed E-state index contributed by atoms with van der Waals surface area (Å²) in [5.74, 6) is -2.77. The van der Waals surface area contributed by atoms with Gasteiger partial charge >= 0.3 is 11.8 Å². The molecule has 0 spiro atoms.